The van der Waals surface area contributed by atoms with Crippen molar-refractivity contribution in [3.05, 3.63) is 64.1 Å². The van der Waals surface area contributed by atoms with Crippen LogP contribution in [0.1, 0.15) is 25.0 Å². The zero-order chi connectivity index (χ0) is 15.4. The van der Waals surface area contributed by atoms with Gasteiger partial charge < -0.3 is 10.5 Å². The molecule has 2 aromatic carbocycles. The molecule has 0 fully saturated rings. The number of hydrogen-bond acceptors (Lipinski definition) is 2. The highest BCUT2D eigenvalue weighted by Crippen LogP contribution is 2.28. The second kappa shape index (κ2) is 7.00. The van der Waals surface area contributed by atoms with Crippen LogP contribution in [0.4, 0.5) is 8.78 Å². The lowest BCUT2D eigenvalue weighted by molar-refractivity contribution is 0.170. The van der Waals surface area contributed by atoms with Gasteiger partial charge >= 0.3 is 0 Å². The van der Waals surface area contributed by atoms with Crippen molar-refractivity contribution in [3.8, 4) is 5.75 Å². The number of ether oxygens (including phenoxy) is 1. The Kier molecular flexibility index (Phi) is 5.31. The van der Waals surface area contributed by atoms with Crippen LogP contribution in [-0.2, 0) is 0 Å². The average Bonchev–Trinajstić information content (AvgIpc) is 2.44. The molecule has 0 heterocycles. The van der Waals surface area contributed by atoms with E-state index in [-0.39, 0.29) is 11.9 Å². The summed E-state index contributed by atoms with van der Waals surface area (Å²) >= 11 is 3.22. The summed E-state index contributed by atoms with van der Waals surface area (Å²) < 4.78 is 32.9. The predicted molar refractivity (Wildman–Crippen MR) is 82.1 cm³/mol. The van der Waals surface area contributed by atoms with Crippen molar-refractivity contribution in [1.82, 2.24) is 0 Å². The first-order valence-corrected chi connectivity index (χ1v) is 7.42. The molecule has 0 spiro atoms. The molecule has 0 radical (unpaired) electrons. The number of nitrogens with two attached hydrogens (primary N) is 1. The molecule has 0 amide bonds. The Hall–Kier alpha value is -1.46. The minimum absolute atomic E-state index is 0.280. The van der Waals surface area contributed by atoms with Crippen molar-refractivity contribution in [2.75, 3.05) is 0 Å². The fourth-order valence-electron chi connectivity index (χ4n) is 2.01. The third-order valence-corrected chi connectivity index (χ3v) is 3.62. The lowest BCUT2D eigenvalue weighted by Gasteiger charge is -2.25. The van der Waals surface area contributed by atoms with E-state index in [1.54, 1.807) is 18.2 Å². The highest BCUT2D eigenvalue weighted by Gasteiger charge is 2.21. The van der Waals surface area contributed by atoms with Gasteiger partial charge in [-0.3, -0.25) is 0 Å². The van der Waals surface area contributed by atoms with Crippen LogP contribution in [0.2, 0.25) is 0 Å². The van der Waals surface area contributed by atoms with E-state index in [0.717, 1.165) is 5.56 Å². The fraction of sp³-hybridized carbons (Fsp3) is 0.250. The number of rotatable bonds is 5. The Morgan fingerprint density at radius 2 is 1.76 bits per heavy atom. The molecule has 2 aromatic rings. The molecule has 2 atom stereocenters. The summed E-state index contributed by atoms with van der Waals surface area (Å²) in [4.78, 5) is 0. The second-order valence-corrected chi connectivity index (χ2v) is 5.68. The van der Waals surface area contributed by atoms with E-state index in [0.29, 0.717) is 16.6 Å². The van der Waals surface area contributed by atoms with Gasteiger partial charge in [-0.15, -0.1) is 0 Å². The Morgan fingerprint density at radius 1 is 1.10 bits per heavy atom. The monoisotopic (exact) mass is 355 g/mol. The SMILES string of the molecule is CCC(N)C(Oc1cc(F)cc(Br)c1)c1ccc(F)cc1. The first kappa shape index (κ1) is 15.9. The van der Waals surface area contributed by atoms with Gasteiger partial charge in [-0.25, -0.2) is 8.78 Å². The van der Waals surface area contributed by atoms with E-state index < -0.39 is 11.9 Å². The van der Waals surface area contributed by atoms with E-state index >= 15 is 0 Å². The van der Waals surface area contributed by atoms with Crippen molar-refractivity contribution >= 4 is 15.9 Å². The zero-order valence-corrected chi connectivity index (χ0v) is 13.1. The number of hydrogen-bond donors (Lipinski definition) is 1. The molecule has 21 heavy (non-hydrogen) atoms. The minimum atomic E-state index is -0.468. The molecular weight excluding hydrogens is 340 g/mol. The van der Waals surface area contributed by atoms with Crippen LogP contribution in [0.25, 0.3) is 0 Å². The Labute approximate surface area is 131 Å². The van der Waals surface area contributed by atoms with E-state index in [4.69, 9.17) is 10.5 Å². The smallest absolute Gasteiger partial charge is 0.139 e. The summed E-state index contributed by atoms with van der Waals surface area (Å²) in [7, 11) is 0. The van der Waals surface area contributed by atoms with Crippen LogP contribution < -0.4 is 10.5 Å². The molecule has 0 bridgehead atoms. The lowest BCUT2D eigenvalue weighted by Crippen LogP contribution is -2.31. The van der Waals surface area contributed by atoms with E-state index in [1.807, 2.05) is 6.92 Å². The Balaban J connectivity index is 2.30. The quantitative estimate of drug-likeness (QED) is 0.851. The fourth-order valence-corrected chi connectivity index (χ4v) is 2.46. The van der Waals surface area contributed by atoms with Crippen molar-refractivity contribution in [1.29, 1.82) is 0 Å². The molecule has 0 saturated heterocycles. The van der Waals surface area contributed by atoms with Gasteiger partial charge in [-0.05, 0) is 36.2 Å². The second-order valence-electron chi connectivity index (χ2n) is 4.77. The van der Waals surface area contributed by atoms with Gasteiger partial charge in [0.05, 0.1) is 0 Å². The van der Waals surface area contributed by atoms with Crippen molar-refractivity contribution in [2.24, 2.45) is 5.73 Å². The Morgan fingerprint density at radius 3 is 2.33 bits per heavy atom. The molecule has 112 valence electrons. The van der Waals surface area contributed by atoms with Crippen LogP contribution >= 0.6 is 15.9 Å². The zero-order valence-electron chi connectivity index (χ0n) is 11.5. The molecule has 0 aromatic heterocycles. The Bertz CT molecular complexity index is 583. The minimum Gasteiger partial charge on any atom is -0.484 e. The summed E-state index contributed by atoms with van der Waals surface area (Å²) in [5, 5.41) is 0. The average molecular weight is 356 g/mol. The van der Waals surface area contributed by atoms with Gasteiger partial charge in [-0.2, -0.15) is 0 Å². The van der Waals surface area contributed by atoms with Crippen molar-refractivity contribution in [2.45, 2.75) is 25.5 Å². The molecule has 5 heteroatoms. The predicted octanol–water partition coefficient (Wildman–Crippen LogP) is 4.58. The molecule has 0 aliphatic carbocycles. The van der Waals surface area contributed by atoms with Crippen LogP contribution in [0.5, 0.6) is 5.75 Å². The van der Waals surface area contributed by atoms with Gasteiger partial charge in [0, 0.05) is 16.6 Å². The third kappa shape index (κ3) is 4.25. The molecule has 2 unspecified atom stereocenters. The van der Waals surface area contributed by atoms with Gasteiger partial charge in [0.25, 0.3) is 0 Å². The van der Waals surface area contributed by atoms with Crippen molar-refractivity contribution in [3.63, 3.8) is 0 Å². The highest BCUT2D eigenvalue weighted by molar-refractivity contribution is 9.10. The normalized spacial score (nSPS) is 13.8. The van der Waals surface area contributed by atoms with Crippen LogP contribution in [0.15, 0.2) is 46.9 Å². The molecule has 0 saturated carbocycles. The molecule has 0 aliphatic heterocycles. The van der Waals surface area contributed by atoms with Gasteiger partial charge in [0.15, 0.2) is 0 Å². The standard InChI is InChI=1S/C16H16BrF2NO/c1-2-15(20)16(10-3-5-12(18)6-4-10)21-14-8-11(17)7-13(19)9-14/h3-9,15-16H,2,20H2,1H3. The number of benzene rings is 2. The first-order chi connectivity index (χ1) is 9.99. The van der Waals surface area contributed by atoms with E-state index in [9.17, 15) is 8.78 Å². The van der Waals surface area contributed by atoms with Crippen molar-refractivity contribution < 1.29 is 13.5 Å². The molecule has 2 nitrogen and oxygen atoms in total. The molecule has 2 N–H and O–H groups in total. The van der Waals surface area contributed by atoms with E-state index in [1.165, 1.54) is 24.3 Å². The topological polar surface area (TPSA) is 35.2 Å². The summed E-state index contributed by atoms with van der Waals surface area (Å²) in [6.07, 6.45) is 0.211. The summed E-state index contributed by atoms with van der Waals surface area (Å²) in [6, 6.07) is 10.0. The maximum absolute atomic E-state index is 13.4. The van der Waals surface area contributed by atoms with Gasteiger partial charge in [0.1, 0.15) is 23.5 Å². The van der Waals surface area contributed by atoms with Gasteiger partial charge in [0.2, 0.25) is 0 Å². The van der Waals surface area contributed by atoms with Crippen LogP contribution in [0.3, 0.4) is 0 Å². The number of halogens is 3. The lowest BCUT2D eigenvalue weighted by atomic mass is 10.0. The maximum Gasteiger partial charge on any atom is 0.139 e. The first-order valence-electron chi connectivity index (χ1n) is 6.63. The molecule has 2 rings (SSSR count). The molecule has 0 aliphatic rings. The van der Waals surface area contributed by atoms with Gasteiger partial charge in [-0.1, -0.05) is 35.0 Å². The molecular formula is C16H16BrF2NO. The third-order valence-electron chi connectivity index (χ3n) is 3.16. The van der Waals surface area contributed by atoms with E-state index in [2.05, 4.69) is 15.9 Å². The van der Waals surface area contributed by atoms with Crippen LogP contribution in [-0.4, -0.2) is 6.04 Å². The summed E-state index contributed by atoms with van der Waals surface area (Å²) in [5.74, 6) is -0.349. The summed E-state index contributed by atoms with van der Waals surface area (Å²) in [6.45, 7) is 1.94. The maximum atomic E-state index is 13.4. The summed E-state index contributed by atoms with van der Waals surface area (Å²) in [5.41, 5.74) is 6.84. The van der Waals surface area contributed by atoms with Crippen LogP contribution in [0, 0.1) is 11.6 Å². The highest BCUT2D eigenvalue weighted by atomic mass is 79.9. The largest absolute Gasteiger partial charge is 0.484 e.